The van der Waals surface area contributed by atoms with Gasteiger partial charge in [0.05, 0.1) is 0 Å². The molecule has 3 N–H and O–H groups in total. The molecule has 0 fully saturated rings. The summed E-state index contributed by atoms with van der Waals surface area (Å²) >= 11 is 0. The highest BCUT2D eigenvalue weighted by Gasteiger charge is 2.18. The largest absolute Gasteiger partial charge is 0.271 e. The minimum Gasteiger partial charge on any atom is -0.271 e. The van der Waals surface area contributed by atoms with Crippen LogP contribution < -0.4 is 11.3 Å². The zero-order valence-electron chi connectivity index (χ0n) is 8.50. The third kappa shape index (κ3) is 1.97. The van der Waals surface area contributed by atoms with Gasteiger partial charge in [0.15, 0.2) is 0 Å². The average Bonchev–Trinajstić information content (AvgIpc) is 2.26. The van der Waals surface area contributed by atoms with Crippen LogP contribution in [0, 0.1) is 0 Å². The number of fused-ring (bicyclic) bond motifs is 1. The van der Waals surface area contributed by atoms with Crippen molar-refractivity contribution in [2.75, 3.05) is 6.54 Å². The van der Waals surface area contributed by atoms with Crippen LogP contribution in [-0.2, 0) is 6.42 Å². The Balaban J connectivity index is 2.14. The molecule has 2 heteroatoms. The Labute approximate surface area is 85.5 Å². The van der Waals surface area contributed by atoms with E-state index >= 15 is 0 Å². The minimum atomic E-state index is 0.719. The molecule has 0 amide bonds. The Hall–Kier alpha value is -0.860. The van der Waals surface area contributed by atoms with Crippen LogP contribution in [0.4, 0.5) is 0 Å². The summed E-state index contributed by atoms with van der Waals surface area (Å²) in [5.41, 5.74) is 5.84. The molecule has 1 atom stereocenters. The van der Waals surface area contributed by atoms with Crippen LogP contribution in [0.15, 0.2) is 24.3 Å². The molecule has 0 spiro atoms. The van der Waals surface area contributed by atoms with E-state index in [4.69, 9.17) is 5.84 Å². The molecule has 1 unspecified atom stereocenters. The highest BCUT2D eigenvalue weighted by molar-refractivity contribution is 5.32. The zero-order valence-corrected chi connectivity index (χ0v) is 8.50. The highest BCUT2D eigenvalue weighted by atomic mass is 15.2. The van der Waals surface area contributed by atoms with Gasteiger partial charge in [-0.3, -0.25) is 11.3 Å². The topological polar surface area (TPSA) is 38.0 Å². The molecule has 0 bridgehead atoms. The number of hydrazine groups is 1. The molecular weight excluding hydrogens is 172 g/mol. The van der Waals surface area contributed by atoms with Crippen molar-refractivity contribution in [1.29, 1.82) is 0 Å². The summed E-state index contributed by atoms with van der Waals surface area (Å²) < 4.78 is 0. The lowest BCUT2D eigenvalue weighted by atomic mass is 9.81. The normalized spacial score (nSPS) is 20.5. The first-order chi connectivity index (χ1) is 6.92. The van der Waals surface area contributed by atoms with E-state index in [9.17, 15) is 0 Å². The van der Waals surface area contributed by atoms with Gasteiger partial charge in [0, 0.05) is 6.54 Å². The first kappa shape index (κ1) is 9.69. The molecule has 0 saturated heterocycles. The van der Waals surface area contributed by atoms with Crippen LogP contribution in [0.25, 0.3) is 0 Å². The van der Waals surface area contributed by atoms with Crippen LogP contribution in [-0.4, -0.2) is 6.54 Å². The molecule has 0 saturated carbocycles. The molecule has 0 aromatic heterocycles. The lowest BCUT2D eigenvalue weighted by molar-refractivity contribution is 0.502. The molecule has 76 valence electrons. The minimum absolute atomic E-state index is 0.719. The number of nitrogens with two attached hydrogens (primary N) is 1. The first-order valence-electron chi connectivity index (χ1n) is 5.43. The van der Waals surface area contributed by atoms with E-state index in [0.717, 1.165) is 18.9 Å². The van der Waals surface area contributed by atoms with Crippen molar-refractivity contribution in [2.45, 2.75) is 31.6 Å². The molecule has 1 aliphatic rings. The summed E-state index contributed by atoms with van der Waals surface area (Å²) in [5, 5.41) is 0. The van der Waals surface area contributed by atoms with Gasteiger partial charge < -0.3 is 0 Å². The first-order valence-corrected chi connectivity index (χ1v) is 5.43. The van der Waals surface area contributed by atoms with Gasteiger partial charge in [-0.1, -0.05) is 24.3 Å². The van der Waals surface area contributed by atoms with Crippen LogP contribution in [0.1, 0.15) is 36.3 Å². The number of aryl methyl sites for hydroxylation is 1. The standard InChI is InChI=1S/C12H18N2/c13-14-9-8-11-6-3-5-10-4-1-2-7-12(10)11/h1-2,4,7,11,14H,3,5-6,8-9,13H2. The number of hydrogen-bond acceptors (Lipinski definition) is 2. The molecule has 2 nitrogen and oxygen atoms in total. The van der Waals surface area contributed by atoms with Crippen LogP contribution in [0.2, 0.25) is 0 Å². The molecular formula is C12H18N2. The van der Waals surface area contributed by atoms with Crippen molar-refractivity contribution in [3.8, 4) is 0 Å². The lowest BCUT2D eigenvalue weighted by Gasteiger charge is -2.25. The van der Waals surface area contributed by atoms with Gasteiger partial charge in [-0.15, -0.1) is 0 Å². The third-order valence-corrected chi connectivity index (χ3v) is 3.13. The Kier molecular flexibility index (Phi) is 3.17. The van der Waals surface area contributed by atoms with Gasteiger partial charge >= 0.3 is 0 Å². The van der Waals surface area contributed by atoms with Crippen LogP contribution in [0.3, 0.4) is 0 Å². The maximum atomic E-state index is 5.32. The predicted molar refractivity (Wildman–Crippen MR) is 58.9 cm³/mol. The van der Waals surface area contributed by atoms with Gasteiger partial charge in [0.2, 0.25) is 0 Å². The van der Waals surface area contributed by atoms with E-state index < -0.39 is 0 Å². The molecule has 0 radical (unpaired) electrons. The summed E-state index contributed by atoms with van der Waals surface area (Å²) in [6.07, 6.45) is 5.06. The van der Waals surface area contributed by atoms with E-state index in [-0.39, 0.29) is 0 Å². The Morgan fingerprint density at radius 2 is 2.21 bits per heavy atom. The molecule has 0 aliphatic heterocycles. The molecule has 1 aliphatic carbocycles. The maximum Gasteiger partial charge on any atom is 0.0103 e. The summed E-state index contributed by atoms with van der Waals surface area (Å²) in [6, 6.07) is 8.82. The summed E-state index contributed by atoms with van der Waals surface area (Å²) in [4.78, 5) is 0. The number of rotatable bonds is 3. The van der Waals surface area contributed by atoms with E-state index in [1.165, 1.54) is 19.3 Å². The van der Waals surface area contributed by atoms with Crippen molar-refractivity contribution in [1.82, 2.24) is 5.43 Å². The van der Waals surface area contributed by atoms with Crippen LogP contribution >= 0.6 is 0 Å². The van der Waals surface area contributed by atoms with Crippen molar-refractivity contribution in [3.63, 3.8) is 0 Å². The Morgan fingerprint density at radius 1 is 1.36 bits per heavy atom. The third-order valence-electron chi connectivity index (χ3n) is 3.13. The lowest BCUT2D eigenvalue weighted by Crippen LogP contribution is -2.25. The number of hydrogen-bond donors (Lipinski definition) is 2. The van der Waals surface area contributed by atoms with Gasteiger partial charge in [-0.25, -0.2) is 0 Å². The Bertz CT molecular complexity index is 296. The fraction of sp³-hybridized carbons (Fsp3) is 0.500. The van der Waals surface area contributed by atoms with Crippen molar-refractivity contribution < 1.29 is 0 Å². The van der Waals surface area contributed by atoms with E-state index in [1.54, 1.807) is 11.1 Å². The predicted octanol–water partition coefficient (Wildman–Crippen LogP) is 1.96. The number of benzene rings is 1. The van der Waals surface area contributed by atoms with Crippen molar-refractivity contribution in [2.24, 2.45) is 5.84 Å². The van der Waals surface area contributed by atoms with Crippen molar-refractivity contribution in [3.05, 3.63) is 35.4 Å². The summed E-state index contributed by atoms with van der Waals surface area (Å²) in [5.74, 6) is 6.03. The quantitative estimate of drug-likeness (QED) is 0.565. The smallest absolute Gasteiger partial charge is 0.0103 e. The van der Waals surface area contributed by atoms with Crippen LogP contribution in [0.5, 0.6) is 0 Å². The fourth-order valence-corrected chi connectivity index (χ4v) is 2.41. The van der Waals surface area contributed by atoms with Crippen molar-refractivity contribution >= 4 is 0 Å². The second-order valence-electron chi connectivity index (χ2n) is 4.03. The van der Waals surface area contributed by atoms with E-state index in [2.05, 4.69) is 29.7 Å². The molecule has 1 aromatic rings. The second kappa shape index (κ2) is 4.58. The highest BCUT2D eigenvalue weighted by Crippen LogP contribution is 2.33. The van der Waals surface area contributed by atoms with Gasteiger partial charge in [0.25, 0.3) is 0 Å². The van der Waals surface area contributed by atoms with Gasteiger partial charge in [-0.2, -0.15) is 0 Å². The zero-order chi connectivity index (χ0) is 9.80. The Morgan fingerprint density at radius 3 is 3.07 bits per heavy atom. The summed E-state index contributed by atoms with van der Waals surface area (Å²) in [6.45, 7) is 0.916. The molecule has 14 heavy (non-hydrogen) atoms. The number of nitrogens with one attached hydrogen (secondary N) is 1. The summed E-state index contributed by atoms with van der Waals surface area (Å²) in [7, 11) is 0. The second-order valence-corrected chi connectivity index (χ2v) is 4.03. The SMILES string of the molecule is NNCCC1CCCc2ccccc21. The van der Waals surface area contributed by atoms with Gasteiger partial charge in [0.1, 0.15) is 0 Å². The molecule has 2 rings (SSSR count). The molecule has 0 heterocycles. The average molecular weight is 190 g/mol. The fourth-order valence-electron chi connectivity index (χ4n) is 2.41. The maximum absolute atomic E-state index is 5.32. The monoisotopic (exact) mass is 190 g/mol. The van der Waals surface area contributed by atoms with E-state index in [1.807, 2.05) is 0 Å². The van der Waals surface area contributed by atoms with E-state index in [0.29, 0.717) is 0 Å². The van der Waals surface area contributed by atoms with Gasteiger partial charge in [-0.05, 0) is 42.7 Å². The molecule has 1 aromatic carbocycles.